The molecule has 4 heteroatoms. The molecule has 0 aliphatic carbocycles. The number of nitrogens with one attached hydrogen (secondary N) is 1. The SMILES string of the molecule is CN(C)c1cccc(C(=O)NCCCCCN2CCCCC2)c1. The lowest BCUT2D eigenvalue weighted by Gasteiger charge is -2.26. The molecule has 2 rings (SSSR count). The highest BCUT2D eigenvalue weighted by Gasteiger charge is 2.09. The quantitative estimate of drug-likeness (QED) is 0.748. The van der Waals surface area contributed by atoms with Gasteiger partial charge in [-0.2, -0.15) is 0 Å². The minimum atomic E-state index is 0.0322. The molecular weight excluding hydrogens is 286 g/mol. The molecule has 0 saturated carbocycles. The van der Waals surface area contributed by atoms with Gasteiger partial charge in [0.1, 0.15) is 0 Å². The van der Waals surface area contributed by atoms with E-state index in [1.807, 2.05) is 43.3 Å². The van der Waals surface area contributed by atoms with Gasteiger partial charge in [0.05, 0.1) is 0 Å². The van der Waals surface area contributed by atoms with E-state index in [0.717, 1.165) is 24.2 Å². The van der Waals surface area contributed by atoms with Crippen molar-refractivity contribution in [1.29, 1.82) is 0 Å². The molecule has 0 radical (unpaired) electrons. The average molecular weight is 317 g/mol. The van der Waals surface area contributed by atoms with Crippen LogP contribution in [-0.4, -0.2) is 51.1 Å². The number of unbranched alkanes of at least 4 members (excludes halogenated alkanes) is 2. The van der Waals surface area contributed by atoms with Gasteiger partial charge in [-0.05, 0) is 63.5 Å². The first-order valence-corrected chi connectivity index (χ1v) is 8.95. The number of hydrogen-bond donors (Lipinski definition) is 1. The Morgan fingerprint density at radius 3 is 2.65 bits per heavy atom. The molecule has 1 saturated heterocycles. The molecule has 1 aromatic rings. The van der Waals surface area contributed by atoms with Gasteiger partial charge in [0, 0.05) is 31.9 Å². The minimum Gasteiger partial charge on any atom is -0.378 e. The molecule has 1 heterocycles. The Morgan fingerprint density at radius 2 is 1.91 bits per heavy atom. The number of piperidine rings is 1. The van der Waals surface area contributed by atoms with Gasteiger partial charge in [-0.15, -0.1) is 0 Å². The van der Waals surface area contributed by atoms with Crippen LogP contribution in [0.15, 0.2) is 24.3 Å². The van der Waals surface area contributed by atoms with Crippen molar-refractivity contribution in [1.82, 2.24) is 10.2 Å². The van der Waals surface area contributed by atoms with Crippen LogP contribution in [0.5, 0.6) is 0 Å². The molecule has 1 amide bonds. The Morgan fingerprint density at radius 1 is 1.13 bits per heavy atom. The molecule has 1 fully saturated rings. The maximum Gasteiger partial charge on any atom is 0.251 e. The lowest BCUT2D eigenvalue weighted by molar-refractivity contribution is 0.0953. The summed E-state index contributed by atoms with van der Waals surface area (Å²) in [7, 11) is 3.97. The molecule has 0 atom stereocenters. The second-order valence-electron chi connectivity index (χ2n) is 6.66. The van der Waals surface area contributed by atoms with Crippen LogP contribution in [0.2, 0.25) is 0 Å². The number of carbonyl (C=O) groups excluding carboxylic acids is 1. The van der Waals surface area contributed by atoms with E-state index >= 15 is 0 Å². The minimum absolute atomic E-state index is 0.0322. The normalized spacial score (nSPS) is 15.4. The Labute approximate surface area is 140 Å². The lowest BCUT2D eigenvalue weighted by Crippen LogP contribution is -2.30. The number of anilines is 1. The molecule has 4 nitrogen and oxygen atoms in total. The summed E-state index contributed by atoms with van der Waals surface area (Å²) >= 11 is 0. The first-order chi connectivity index (χ1) is 11.2. The predicted octanol–water partition coefficient (Wildman–Crippen LogP) is 3.14. The fourth-order valence-corrected chi connectivity index (χ4v) is 3.05. The number of likely N-dealkylation sites (tertiary alicyclic amines) is 1. The first kappa shape index (κ1) is 17.8. The van der Waals surface area contributed by atoms with Crippen LogP contribution in [0.25, 0.3) is 0 Å². The third kappa shape index (κ3) is 6.22. The van der Waals surface area contributed by atoms with E-state index in [-0.39, 0.29) is 5.91 Å². The molecule has 1 aliphatic rings. The van der Waals surface area contributed by atoms with Gasteiger partial charge in [-0.3, -0.25) is 4.79 Å². The molecule has 1 N–H and O–H groups in total. The van der Waals surface area contributed by atoms with Crippen LogP contribution >= 0.6 is 0 Å². The van der Waals surface area contributed by atoms with Crippen molar-refractivity contribution in [2.75, 3.05) is 45.2 Å². The Kier molecular flexibility index (Phi) is 7.40. The van der Waals surface area contributed by atoms with E-state index in [1.165, 1.54) is 51.7 Å². The zero-order valence-electron chi connectivity index (χ0n) is 14.7. The number of benzene rings is 1. The van der Waals surface area contributed by atoms with Gasteiger partial charge < -0.3 is 15.1 Å². The van der Waals surface area contributed by atoms with Crippen LogP contribution in [0.1, 0.15) is 48.9 Å². The summed E-state index contributed by atoms with van der Waals surface area (Å²) in [6, 6.07) is 7.75. The lowest BCUT2D eigenvalue weighted by atomic mass is 10.1. The first-order valence-electron chi connectivity index (χ1n) is 8.95. The molecule has 0 unspecified atom stereocenters. The van der Waals surface area contributed by atoms with E-state index in [0.29, 0.717) is 0 Å². The van der Waals surface area contributed by atoms with Crippen LogP contribution in [0.3, 0.4) is 0 Å². The number of hydrogen-bond acceptors (Lipinski definition) is 3. The molecule has 23 heavy (non-hydrogen) atoms. The summed E-state index contributed by atoms with van der Waals surface area (Å²) in [5.41, 5.74) is 1.80. The van der Waals surface area contributed by atoms with Gasteiger partial charge in [-0.1, -0.05) is 18.9 Å². The summed E-state index contributed by atoms with van der Waals surface area (Å²) in [6.07, 6.45) is 7.62. The van der Waals surface area contributed by atoms with Gasteiger partial charge in [0.15, 0.2) is 0 Å². The number of rotatable bonds is 8. The average Bonchev–Trinajstić information content (AvgIpc) is 2.58. The Bertz CT molecular complexity index is 481. The van der Waals surface area contributed by atoms with Crippen molar-refractivity contribution in [3.05, 3.63) is 29.8 Å². The maximum absolute atomic E-state index is 12.2. The van der Waals surface area contributed by atoms with Crippen molar-refractivity contribution in [3.63, 3.8) is 0 Å². The summed E-state index contributed by atoms with van der Waals surface area (Å²) in [4.78, 5) is 16.8. The van der Waals surface area contributed by atoms with Crippen LogP contribution in [0, 0.1) is 0 Å². The molecule has 128 valence electrons. The van der Waals surface area contributed by atoms with Crippen molar-refractivity contribution >= 4 is 11.6 Å². The van der Waals surface area contributed by atoms with E-state index in [4.69, 9.17) is 0 Å². The molecule has 0 aromatic heterocycles. The fourth-order valence-electron chi connectivity index (χ4n) is 3.05. The Hall–Kier alpha value is -1.55. The third-order valence-corrected chi connectivity index (χ3v) is 4.51. The van der Waals surface area contributed by atoms with Crippen molar-refractivity contribution in [2.24, 2.45) is 0 Å². The number of nitrogens with zero attached hydrogens (tertiary/aromatic N) is 2. The number of amides is 1. The van der Waals surface area contributed by atoms with E-state index in [1.54, 1.807) is 0 Å². The highest BCUT2D eigenvalue weighted by molar-refractivity contribution is 5.95. The third-order valence-electron chi connectivity index (χ3n) is 4.51. The molecule has 1 aromatic carbocycles. The molecule has 0 spiro atoms. The molecular formula is C19H31N3O. The Balaban J connectivity index is 1.60. The van der Waals surface area contributed by atoms with Crippen molar-refractivity contribution < 1.29 is 4.79 Å². The zero-order valence-corrected chi connectivity index (χ0v) is 14.7. The van der Waals surface area contributed by atoms with Gasteiger partial charge in [0.2, 0.25) is 0 Å². The van der Waals surface area contributed by atoms with Gasteiger partial charge in [-0.25, -0.2) is 0 Å². The fraction of sp³-hybridized carbons (Fsp3) is 0.632. The summed E-state index contributed by atoms with van der Waals surface area (Å²) < 4.78 is 0. The second-order valence-corrected chi connectivity index (χ2v) is 6.66. The second kappa shape index (κ2) is 9.56. The molecule has 0 bridgehead atoms. The zero-order chi connectivity index (χ0) is 16.5. The van der Waals surface area contributed by atoms with E-state index in [2.05, 4.69) is 10.2 Å². The maximum atomic E-state index is 12.2. The van der Waals surface area contributed by atoms with E-state index < -0.39 is 0 Å². The highest BCUT2D eigenvalue weighted by Crippen LogP contribution is 2.13. The van der Waals surface area contributed by atoms with Gasteiger partial charge in [0.25, 0.3) is 5.91 Å². The van der Waals surface area contributed by atoms with Crippen LogP contribution in [-0.2, 0) is 0 Å². The predicted molar refractivity (Wildman–Crippen MR) is 97.2 cm³/mol. The van der Waals surface area contributed by atoms with Crippen molar-refractivity contribution in [3.8, 4) is 0 Å². The smallest absolute Gasteiger partial charge is 0.251 e. The van der Waals surface area contributed by atoms with Crippen LogP contribution in [0.4, 0.5) is 5.69 Å². The number of carbonyl (C=O) groups is 1. The standard InChI is InChI=1S/C19H31N3O/c1-21(2)18-11-9-10-17(16-18)19(23)20-12-5-3-6-13-22-14-7-4-8-15-22/h9-11,16H,3-8,12-15H2,1-2H3,(H,20,23). The largest absolute Gasteiger partial charge is 0.378 e. The topological polar surface area (TPSA) is 35.6 Å². The highest BCUT2D eigenvalue weighted by atomic mass is 16.1. The summed E-state index contributed by atoms with van der Waals surface area (Å²) in [6.45, 7) is 4.54. The van der Waals surface area contributed by atoms with E-state index in [9.17, 15) is 4.79 Å². The summed E-state index contributed by atoms with van der Waals surface area (Å²) in [5.74, 6) is 0.0322. The van der Waals surface area contributed by atoms with Crippen molar-refractivity contribution in [2.45, 2.75) is 38.5 Å². The summed E-state index contributed by atoms with van der Waals surface area (Å²) in [5, 5.41) is 3.03. The van der Waals surface area contributed by atoms with Crippen LogP contribution < -0.4 is 10.2 Å². The monoisotopic (exact) mass is 317 g/mol. The molecule has 1 aliphatic heterocycles. The van der Waals surface area contributed by atoms with Gasteiger partial charge >= 0.3 is 0 Å².